The summed E-state index contributed by atoms with van der Waals surface area (Å²) in [5.41, 5.74) is 1.67. The zero-order valence-corrected chi connectivity index (χ0v) is 12.1. The lowest BCUT2D eigenvalue weighted by Gasteiger charge is -2.18. The van der Waals surface area contributed by atoms with Gasteiger partial charge in [0.2, 0.25) is 0 Å². The van der Waals surface area contributed by atoms with Crippen molar-refractivity contribution in [2.24, 2.45) is 0 Å². The molecular weight excluding hydrogens is 256 g/mol. The van der Waals surface area contributed by atoms with Gasteiger partial charge in [-0.25, -0.2) is 9.59 Å². The lowest BCUT2D eigenvalue weighted by atomic mass is 9.87. The second-order valence-electron chi connectivity index (χ2n) is 5.33. The molecule has 4 nitrogen and oxygen atoms in total. The molecule has 4 heteroatoms. The smallest absolute Gasteiger partial charge is 0.338 e. The highest BCUT2D eigenvalue weighted by Crippen LogP contribution is 2.22. The van der Waals surface area contributed by atoms with E-state index in [4.69, 9.17) is 9.47 Å². The maximum atomic E-state index is 11.7. The number of esters is 2. The largest absolute Gasteiger partial charge is 0.459 e. The summed E-state index contributed by atoms with van der Waals surface area (Å²) in [7, 11) is 0. The van der Waals surface area contributed by atoms with Crippen LogP contribution < -0.4 is 0 Å². The number of carbonyl (C=O) groups is 2. The van der Waals surface area contributed by atoms with Crippen molar-refractivity contribution < 1.29 is 19.1 Å². The van der Waals surface area contributed by atoms with Crippen LogP contribution in [0.3, 0.4) is 0 Å². The highest BCUT2D eigenvalue weighted by atomic mass is 16.6. The van der Waals surface area contributed by atoms with Crippen molar-refractivity contribution in [3.05, 3.63) is 48.0 Å². The molecule has 0 N–H and O–H groups in total. The Morgan fingerprint density at radius 2 is 1.65 bits per heavy atom. The van der Waals surface area contributed by atoms with Crippen LogP contribution in [0.25, 0.3) is 0 Å². The number of rotatable bonds is 5. The molecule has 20 heavy (non-hydrogen) atoms. The first-order valence-electron chi connectivity index (χ1n) is 6.41. The standard InChI is InChI=1S/C16H20O4/c1-5-14(17)19-10-11-20-15(18)12-6-8-13(9-7-12)16(2,3)4/h5-9H,1,10-11H2,2-4H3. The highest BCUT2D eigenvalue weighted by molar-refractivity contribution is 5.89. The molecular formula is C16H20O4. The summed E-state index contributed by atoms with van der Waals surface area (Å²) in [6.07, 6.45) is 1.06. The second kappa shape index (κ2) is 6.89. The number of ether oxygens (including phenoxy) is 2. The molecule has 108 valence electrons. The van der Waals surface area contributed by atoms with Crippen molar-refractivity contribution >= 4 is 11.9 Å². The third kappa shape index (κ3) is 4.88. The van der Waals surface area contributed by atoms with Crippen LogP contribution in [0.2, 0.25) is 0 Å². The molecule has 1 aromatic rings. The Hall–Kier alpha value is -2.10. The molecule has 0 atom stereocenters. The highest BCUT2D eigenvalue weighted by Gasteiger charge is 2.14. The van der Waals surface area contributed by atoms with Crippen molar-refractivity contribution in [2.75, 3.05) is 13.2 Å². The molecule has 0 unspecified atom stereocenters. The first kappa shape index (κ1) is 16.0. The summed E-state index contributed by atoms with van der Waals surface area (Å²) in [5, 5.41) is 0. The van der Waals surface area contributed by atoms with Gasteiger partial charge in [0.25, 0.3) is 0 Å². The minimum absolute atomic E-state index is 0.0245. The Morgan fingerprint density at radius 3 is 2.15 bits per heavy atom. The zero-order valence-electron chi connectivity index (χ0n) is 12.1. The molecule has 0 radical (unpaired) electrons. The maximum absolute atomic E-state index is 11.7. The first-order chi connectivity index (χ1) is 9.34. The summed E-state index contributed by atoms with van der Waals surface area (Å²) in [6, 6.07) is 7.29. The molecule has 0 aromatic heterocycles. The third-order valence-electron chi connectivity index (χ3n) is 2.71. The lowest BCUT2D eigenvalue weighted by Crippen LogP contribution is -2.14. The van der Waals surface area contributed by atoms with Gasteiger partial charge in [0.15, 0.2) is 0 Å². The fraction of sp³-hybridized carbons (Fsp3) is 0.375. The van der Waals surface area contributed by atoms with Crippen molar-refractivity contribution in [3.63, 3.8) is 0 Å². The monoisotopic (exact) mass is 276 g/mol. The third-order valence-corrected chi connectivity index (χ3v) is 2.71. The number of hydrogen-bond donors (Lipinski definition) is 0. The molecule has 0 aliphatic heterocycles. The van der Waals surface area contributed by atoms with Crippen molar-refractivity contribution in [1.82, 2.24) is 0 Å². The van der Waals surface area contributed by atoms with Gasteiger partial charge in [0, 0.05) is 6.08 Å². The van der Waals surface area contributed by atoms with Gasteiger partial charge < -0.3 is 9.47 Å². The van der Waals surface area contributed by atoms with Gasteiger partial charge >= 0.3 is 11.9 Å². The SMILES string of the molecule is C=CC(=O)OCCOC(=O)c1ccc(C(C)(C)C)cc1. The molecule has 0 fully saturated rings. The summed E-state index contributed by atoms with van der Waals surface area (Å²) in [6.45, 7) is 9.64. The molecule has 0 heterocycles. The molecule has 0 spiro atoms. The maximum Gasteiger partial charge on any atom is 0.338 e. The fourth-order valence-corrected chi connectivity index (χ4v) is 1.53. The van der Waals surface area contributed by atoms with E-state index in [1.807, 2.05) is 12.1 Å². The molecule has 0 saturated heterocycles. The predicted octanol–water partition coefficient (Wildman–Crippen LogP) is 2.87. The van der Waals surface area contributed by atoms with E-state index in [0.29, 0.717) is 5.56 Å². The van der Waals surface area contributed by atoms with Crippen LogP contribution in [0.15, 0.2) is 36.9 Å². The van der Waals surface area contributed by atoms with Crippen LogP contribution in [0.4, 0.5) is 0 Å². The van der Waals surface area contributed by atoms with Crippen molar-refractivity contribution in [3.8, 4) is 0 Å². The Balaban J connectivity index is 2.48. The fourth-order valence-electron chi connectivity index (χ4n) is 1.53. The van der Waals surface area contributed by atoms with E-state index in [2.05, 4.69) is 27.4 Å². The number of hydrogen-bond acceptors (Lipinski definition) is 4. The van der Waals surface area contributed by atoms with Crippen LogP contribution in [-0.2, 0) is 19.7 Å². The van der Waals surface area contributed by atoms with E-state index >= 15 is 0 Å². The summed E-state index contributed by atoms with van der Waals surface area (Å²) < 4.78 is 9.71. The van der Waals surface area contributed by atoms with Gasteiger partial charge in [-0.3, -0.25) is 0 Å². The minimum Gasteiger partial charge on any atom is -0.459 e. The van der Waals surface area contributed by atoms with Gasteiger partial charge in [-0.05, 0) is 23.1 Å². The molecule has 1 rings (SSSR count). The second-order valence-corrected chi connectivity index (χ2v) is 5.33. The van der Waals surface area contributed by atoms with Gasteiger partial charge in [0.1, 0.15) is 13.2 Å². The average Bonchev–Trinajstić information content (AvgIpc) is 2.42. The number of benzene rings is 1. The van der Waals surface area contributed by atoms with E-state index in [1.54, 1.807) is 12.1 Å². The zero-order chi connectivity index (χ0) is 15.2. The van der Waals surface area contributed by atoms with E-state index in [9.17, 15) is 9.59 Å². The summed E-state index contributed by atoms with van der Waals surface area (Å²) in [5.74, 6) is -0.962. The van der Waals surface area contributed by atoms with Crippen LogP contribution >= 0.6 is 0 Å². The van der Waals surface area contributed by atoms with Gasteiger partial charge in [-0.15, -0.1) is 0 Å². The molecule has 0 saturated carbocycles. The molecule has 0 amide bonds. The first-order valence-corrected chi connectivity index (χ1v) is 6.41. The van der Waals surface area contributed by atoms with Crippen LogP contribution in [-0.4, -0.2) is 25.2 Å². The average molecular weight is 276 g/mol. The van der Waals surface area contributed by atoms with Crippen LogP contribution in [0, 0.1) is 0 Å². The molecule has 0 aliphatic carbocycles. The Morgan fingerprint density at radius 1 is 1.10 bits per heavy atom. The topological polar surface area (TPSA) is 52.6 Å². The van der Waals surface area contributed by atoms with Gasteiger partial charge in [0.05, 0.1) is 5.56 Å². The summed E-state index contributed by atoms with van der Waals surface area (Å²) in [4.78, 5) is 22.5. The molecule has 0 bridgehead atoms. The quantitative estimate of drug-likeness (QED) is 0.471. The van der Waals surface area contributed by atoms with E-state index in [1.165, 1.54) is 0 Å². The van der Waals surface area contributed by atoms with Gasteiger partial charge in [-0.2, -0.15) is 0 Å². The number of carbonyl (C=O) groups excluding carboxylic acids is 2. The summed E-state index contributed by atoms with van der Waals surface area (Å²) >= 11 is 0. The van der Waals surface area contributed by atoms with E-state index < -0.39 is 11.9 Å². The molecule has 1 aromatic carbocycles. The van der Waals surface area contributed by atoms with Crippen molar-refractivity contribution in [1.29, 1.82) is 0 Å². The van der Waals surface area contributed by atoms with Crippen molar-refractivity contribution in [2.45, 2.75) is 26.2 Å². The van der Waals surface area contributed by atoms with Crippen LogP contribution in [0.1, 0.15) is 36.7 Å². The van der Waals surface area contributed by atoms with E-state index in [-0.39, 0.29) is 18.6 Å². The minimum atomic E-state index is -0.532. The lowest BCUT2D eigenvalue weighted by molar-refractivity contribution is -0.138. The Labute approximate surface area is 119 Å². The molecule has 0 aliphatic rings. The predicted molar refractivity (Wildman–Crippen MR) is 76.6 cm³/mol. The Kier molecular flexibility index (Phi) is 5.50. The normalized spacial score (nSPS) is 10.8. The Bertz CT molecular complexity index is 480. The van der Waals surface area contributed by atoms with Gasteiger partial charge in [-0.1, -0.05) is 39.5 Å². The van der Waals surface area contributed by atoms with Crippen LogP contribution in [0.5, 0.6) is 0 Å². The van der Waals surface area contributed by atoms with E-state index in [0.717, 1.165) is 11.6 Å².